The number of hydrogen-bond donors (Lipinski definition) is 3. The molecule has 0 aliphatic heterocycles. The van der Waals surface area contributed by atoms with Crippen LogP contribution in [0.2, 0.25) is 0 Å². The number of aromatic nitrogens is 2. The van der Waals surface area contributed by atoms with Gasteiger partial charge >= 0.3 is 0 Å². The van der Waals surface area contributed by atoms with Gasteiger partial charge in [0.05, 0.1) is 11.4 Å². The molecule has 0 saturated carbocycles. The van der Waals surface area contributed by atoms with Crippen molar-refractivity contribution in [2.24, 2.45) is 0 Å². The highest BCUT2D eigenvalue weighted by atomic mass is 35.5. The van der Waals surface area contributed by atoms with E-state index in [-0.39, 0.29) is 37.2 Å². The maximum atomic E-state index is 4.29. The minimum absolute atomic E-state index is 0. The van der Waals surface area contributed by atoms with Gasteiger partial charge < -0.3 is 16.0 Å². The fourth-order valence-electron chi connectivity index (χ4n) is 2.24. The van der Waals surface area contributed by atoms with Crippen LogP contribution in [0.4, 0.5) is 0 Å². The zero-order valence-electron chi connectivity index (χ0n) is 14.9. The second kappa shape index (κ2) is 18.8. The first-order chi connectivity index (χ1) is 11.4. The Morgan fingerprint density at radius 2 is 1.00 bits per heavy atom. The summed E-state index contributed by atoms with van der Waals surface area (Å²) in [5.74, 6) is 0. The van der Waals surface area contributed by atoms with Crippen molar-refractivity contribution in [2.45, 2.75) is 25.9 Å². The van der Waals surface area contributed by atoms with E-state index < -0.39 is 0 Å². The van der Waals surface area contributed by atoms with Crippen LogP contribution in [0, 0.1) is 0 Å². The Morgan fingerprint density at radius 1 is 0.577 bits per heavy atom. The van der Waals surface area contributed by atoms with Gasteiger partial charge in [-0.3, -0.25) is 9.97 Å². The molecule has 0 unspecified atom stereocenters. The lowest BCUT2D eigenvalue weighted by atomic mass is 10.3. The number of halogens is 3. The highest BCUT2D eigenvalue weighted by Crippen LogP contribution is 1.92. The first-order valence-corrected chi connectivity index (χ1v) is 8.37. The summed E-state index contributed by atoms with van der Waals surface area (Å²) in [6, 6.07) is 12.0. The van der Waals surface area contributed by atoms with Crippen LogP contribution in [0.5, 0.6) is 0 Å². The quantitative estimate of drug-likeness (QED) is 0.459. The molecule has 0 atom stereocenters. The van der Waals surface area contributed by atoms with E-state index >= 15 is 0 Å². The Bertz CT molecular complexity index is 469. The number of pyridine rings is 2. The fraction of sp³-hybridized carbons (Fsp3) is 0.444. The summed E-state index contributed by atoms with van der Waals surface area (Å²) < 4.78 is 0. The number of nitrogens with one attached hydrogen (secondary N) is 3. The molecule has 0 aliphatic rings. The van der Waals surface area contributed by atoms with Crippen molar-refractivity contribution in [2.75, 3.05) is 26.2 Å². The molecule has 0 amide bonds. The van der Waals surface area contributed by atoms with Gasteiger partial charge in [-0.1, -0.05) is 12.1 Å². The van der Waals surface area contributed by atoms with Crippen LogP contribution in [0.15, 0.2) is 48.8 Å². The summed E-state index contributed by atoms with van der Waals surface area (Å²) >= 11 is 0. The lowest BCUT2D eigenvalue weighted by Crippen LogP contribution is -2.25. The normalized spacial score (nSPS) is 9.54. The zero-order chi connectivity index (χ0) is 16.0. The molecule has 0 radical (unpaired) electrons. The molecule has 0 spiro atoms. The summed E-state index contributed by atoms with van der Waals surface area (Å²) in [4.78, 5) is 8.57. The van der Waals surface area contributed by atoms with E-state index in [1.165, 1.54) is 0 Å². The minimum Gasteiger partial charge on any atom is -0.317 e. The molecule has 2 aromatic heterocycles. The molecule has 0 fully saturated rings. The van der Waals surface area contributed by atoms with Crippen LogP contribution in [-0.4, -0.2) is 36.1 Å². The summed E-state index contributed by atoms with van der Waals surface area (Å²) in [6.45, 7) is 5.82. The highest BCUT2D eigenvalue weighted by molar-refractivity contribution is 5.86. The van der Waals surface area contributed by atoms with Crippen LogP contribution < -0.4 is 16.0 Å². The Hall–Kier alpha value is -0.950. The zero-order valence-corrected chi connectivity index (χ0v) is 17.3. The lowest BCUT2D eigenvalue weighted by molar-refractivity contribution is 0.561. The summed E-state index contributed by atoms with van der Waals surface area (Å²) in [6.07, 6.45) is 5.93. The molecule has 0 bridgehead atoms. The lowest BCUT2D eigenvalue weighted by Gasteiger charge is -2.07. The molecule has 2 heterocycles. The SMILES string of the molecule is Cl.Cl.Cl.c1ccc(CNCCCNCCCNCc2ccccn2)nc1. The van der Waals surface area contributed by atoms with Crippen LogP contribution in [0.25, 0.3) is 0 Å². The number of rotatable bonds is 12. The third-order valence-corrected chi connectivity index (χ3v) is 3.48. The molecular weight excluding hydrogens is 393 g/mol. The molecule has 2 rings (SSSR count). The highest BCUT2D eigenvalue weighted by Gasteiger charge is 1.94. The van der Waals surface area contributed by atoms with Crippen molar-refractivity contribution in [3.05, 3.63) is 60.2 Å². The van der Waals surface area contributed by atoms with Gasteiger partial charge in [-0.15, -0.1) is 37.2 Å². The predicted molar refractivity (Wildman–Crippen MR) is 116 cm³/mol. The van der Waals surface area contributed by atoms with Crippen molar-refractivity contribution in [1.29, 1.82) is 0 Å². The van der Waals surface area contributed by atoms with Crippen molar-refractivity contribution < 1.29 is 0 Å². The third kappa shape index (κ3) is 13.3. The van der Waals surface area contributed by atoms with Gasteiger partial charge in [0.25, 0.3) is 0 Å². The van der Waals surface area contributed by atoms with Crippen LogP contribution in [-0.2, 0) is 13.1 Å². The average molecular weight is 423 g/mol. The maximum Gasteiger partial charge on any atom is 0.0541 e. The molecule has 2 aromatic rings. The van der Waals surface area contributed by atoms with Crippen LogP contribution >= 0.6 is 37.2 Å². The monoisotopic (exact) mass is 421 g/mol. The molecule has 26 heavy (non-hydrogen) atoms. The van der Waals surface area contributed by atoms with Gasteiger partial charge in [-0.05, 0) is 63.3 Å². The standard InChI is InChI=1S/C18H27N5.3ClH/c1-3-13-22-17(7-1)15-20-11-5-9-19-10-6-12-21-16-18-8-2-4-14-23-18;;;/h1-4,7-8,13-14,19-21H,5-6,9-12,15-16H2;3*1H. The molecule has 5 nitrogen and oxygen atoms in total. The van der Waals surface area contributed by atoms with Gasteiger partial charge in [0.2, 0.25) is 0 Å². The van der Waals surface area contributed by atoms with E-state index in [2.05, 4.69) is 25.9 Å². The molecule has 0 saturated heterocycles. The molecular formula is C18H30Cl3N5. The fourth-order valence-corrected chi connectivity index (χ4v) is 2.24. The van der Waals surface area contributed by atoms with Gasteiger partial charge in [0, 0.05) is 25.5 Å². The van der Waals surface area contributed by atoms with Gasteiger partial charge in [-0.25, -0.2) is 0 Å². The number of nitrogens with zero attached hydrogens (tertiary/aromatic N) is 2. The molecule has 148 valence electrons. The van der Waals surface area contributed by atoms with Crippen molar-refractivity contribution in [3.63, 3.8) is 0 Å². The summed E-state index contributed by atoms with van der Waals surface area (Å²) in [5, 5.41) is 10.3. The average Bonchev–Trinajstić information content (AvgIpc) is 2.61. The molecule has 3 N–H and O–H groups in total. The van der Waals surface area contributed by atoms with Crippen LogP contribution in [0.1, 0.15) is 24.2 Å². The first kappa shape index (κ1) is 27.3. The van der Waals surface area contributed by atoms with Gasteiger partial charge in [0.1, 0.15) is 0 Å². The topological polar surface area (TPSA) is 61.9 Å². The Labute approximate surface area is 175 Å². The van der Waals surface area contributed by atoms with Crippen molar-refractivity contribution >= 4 is 37.2 Å². The summed E-state index contributed by atoms with van der Waals surface area (Å²) in [5.41, 5.74) is 2.19. The van der Waals surface area contributed by atoms with Gasteiger partial charge in [-0.2, -0.15) is 0 Å². The minimum atomic E-state index is 0. The van der Waals surface area contributed by atoms with E-state index in [0.717, 1.165) is 63.5 Å². The van der Waals surface area contributed by atoms with Crippen molar-refractivity contribution in [1.82, 2.24) is 25.9 Å². The Balaban J connectivity index is 0. The van der Waals surface area contributed by atoms with E-state index in [9.17, 15) is 0 Å². The summed E-state index contributed by atoms with van der Waals surface area (Å²) in [7, 11) is 0. The van der Waals surface area contributed by atoms with Crippen LogP contribution in [0.3, 0.4) is 0 Å². The Morgan fingerprint density at radius 3 is 1.38 bits per heavy atom. The second-order valence-corrected chi connectivity index (χ2v) is 5.45. The smallest absolute Gasteiger partial charge is 0.0541 e. The Kier molecular flexibility index (Phi) is 19.7. The second-order valence-electron chi connectivity index (χ2n) is 5.45. The van der Waals surface area contributed by atoms with E-state index in [0.29, 0.717) is 0 Å². The third-order valence-electron chi connectivity index (χ3n) is 3.48. The molecule has 8 heteroatoms. The molecule has 0 aromatic carbocycles. The van der Waals surface area contributed by atoms with E-state index in [1.54, 1.807) is 0 Å². The molecule has 0 aliphatic carbocycles. The van der Waals surface area contributed by atoms with E-state index in [1.807, 2.05) is 48.8 Å². The van der Waals surface area contributed by atoms with Gasteiger partial charge in [0.15, 0.2) is 0 Å². The largest absolute Gasteiger partial charge is 0.317 e. The first-order valence-electron chi connectivity index (χ1n) is 8.37. The number of hydrogen-bond acceptors (Lipinski definition) is 5. The maximum absolute atomic E-state index is 4.29. The van der Waals surface area contributed by atoms with Crippen molar-refractivity contribution in [3.8, 4) is 0 Å². The van der Waals surface area contributed by atoms with E-state index in [4.69, 9.17) is 0 Å². The predicted octanol–water partition coefficient (Wildman–Crippen LogP) is 2.99.